The van der Waals surface area contributed by atoms with E-state index in [0.717, 1.165) is 57.3 Å². The lowest BCUT2D eigenvalue weighted by molar-refractivity contribution is -0.128. The average Bonchev–Trinajstić information content (AvgIpc) is 3.62. The number of carbonyl (C=O) groups excluding carboxylic acids is 6. The minimum atomic E-state index is -1.08. The fourth-order valence-electron chi connectivity index (χ4n) is 12.0. The van der Waals surface area contributed by atoms with E-state index in [2.05, 4.69) is 26.6 Å². The van der Waals surface area contributed by atoms with Gasteiger partial charge >= 0.3 is 18.2 Å². The first-order valence-corrected chi connectivity index (χ1v) is 29.7. The van der Waals surface area contributed by atoms with Crippen LogP contribution in [0.25, 0.3) is 0 Å². The smallest absolute Gasteiger partial charge is 0.407 e. The summed E-state index contributed by atoms with van der Waals surface area (Å²) in [5.41, 5.74) is 6.88. The molecule has 0 radical (unpaired) electrons. The van der Waals surface area contributed by atoms with E-state index in [0.29, 0.717) is 51.9 Å². The highest BCUT2D eigenvalue weighted by Gasteiger charge is 2.38. The van der Waals surface area contributed by atoms with Gasteiger partial charge < -0.3 is 51.3 Å². The third-order valence-electron chi connectivity index (χ3n) is 16.0. The Balaban J connectivity index is 1.02. The summed E-state index contributed by atoms with van der Waals surface area (Å²) >= 11 is 0. The quantitative estimate of drug-likeness (QED) is 0.0244. The molecule has 0 saturated carbocycles. The van der Waals surface area contributed by atoms with Crippen molar-refractivity contribution in [2.24, 2.45) is 17.8 Å². The van der Waals surface area contributed by atoms with Crippen LogP contribution in [0.5, 0.6) is 0 Å². The Labute approximate surface area is 490 Å². The number of amides is 7. The fraction of sp³-hybridized carbons (Fsp3) is 0.463. The van der Waals surface area contributed by atoms with E-state index >= 15 is 0 Å². The maximum Gasteiger partial charge on any atom is 0.407 e. The van der Waals surface area contributed by atoms with E-state index in [1.807, 2.05) is 175 Å². The summed E-state index contributed by atoms with van der Waals surface area (Å²) in [5.74, 6) is -1.28. The molecule has 2 saturated heterocycles. The molecule has 0 aromatic heterocycles. The van der Waals surface area contributed by atoms with Crippen molar-refractivity contribution in [1.82, 2.24) is 36.4 Å². The largest absolute Gasteiger partial charge is 0.445 e. The van der Waals surface area contributed by atoms with E-state index < -0.39 is 48.5 Å². The number of aliphatic hydroxyl groups excluding tert-OH is 2. The second kappa shape index (κ2) is 31.2. The van der Waals surface area contributed by atoms with Crippen LogP contribution in [0.4, 0.5) is 14.4 Å². The first-order chi connectivity index (χ1) is 39.9. The van der Waals surface area contributed by atoms with Gasteiger partial charge in [0.2, 0.25) is 11.8 Å². The Kier molecular flexibility index (Phi) is 23.7. The van der Waals surface area contributed by atoms with Crippen molar-refractivity contribution in [3.63, 3.8) is 0 Å². The van der Waals surface area contributed by atoms with Crippen molar-refractivity contribution in [3.05, 3.63) is 178 Å². The molecule has 2 fully saturated rings. The molecule has 0 spiro atoms. The van der Waals surface area contributed by atoms with Gasteiger partial charge in [0.25, 0.3) is 0 Å². The maximum absolute atomic E-state index is 14.3. The van der Waals surface area contributed by atoms with Gasteiger partial charge in [-0.15, -0.1) is 0 Å². The highest BCUT2D eigenvalue weighted by atomic mass is 16.5. The molecule has 5 aromatic carbocycles. The molecule has 0 unspecified atom stereocenters. The number of benzene rings is 5. The summed E-state index contributed by atoms with van der Waals surface area (Å²) in [6.45, 7) is 13.5. The number of ether oxygens (including phenoxy) is 1. The molecule has 7 N–H and O–H groups in total. The molecule has 16 heteroatoms. The van der Waals surface area contributed by atoms with Gasteiger partial charge in [-0.2, -0.15) is 0 Å². The van der Waals surface area contributed by atoms with Crippen LogP contribution in [0.1, 0.15) is 104 Å². The number of nitrogens with one attached hydrogen (secondary N) is 5. The molecule has 8 atom stereocenters. The lowest BCUT2D eigenvalue weighted by atomic mass is 9.83. The van der Waals surface area contributed by atoms with E-state index in [1.165, 1.54) is 0 Å². The van der Waals surface area contributed by atoms with Gasteiger partial charge in [-0.3, -0.25) is 14.4 Å². The standard InChI is InChI=1S/C67H87N7O9/c1-44(2)62(73-31-19-29-68-65(73)80)60(77)40-53(35-48-21-11-7-12-22-48)39-58(75)57(38-51-27-17-10-18-28-51)72-67(82)83-43-55-46(5)33-52(34-47(55)6)41-61(78)71-56(37-50-25-15-9-16-26-50)59(76)42-54(36-49-23-13-8-14-24-49)70-64(79)63(45(3)4)74-32-20-30-69-66(74)81/h7-18,21-28,33-34,44-45,53-54,56-59,62-63,75-76H,19-20,29-32,35-43H2,1-6H3,(H,68,80)(H,69,81)(H,70,79)(H,71,78)(H,72,82)/t53-,54-,56-,57-,58-,59-,62-,63-/m0/s1. The van der Waals surface area contributed by atoms with Gasteiger partial charge in [-0.05, 0) is 127 Å². The van der Waals surface area contributed by atoms with Crippen molar-refractivity contribution < 1.29 is 43.7 Å². The molecule has 83 heavy (non-hydrogen) atoms. The zero-order valence-electron chi connectivity index (χ0n) is 49.2. The number of ketones is 1. The third-order valence-corrected chi connectivity index (χ3v) is 16.0. The molecule has 16 nitrogen and oxygen atoms in total. The minimum absolute atomic E-state index is 0.00108. The molecular weight excluding hydrogens is 1050 g/mol. The zero-order valence-corrected chi connectivity index (χ0v) is 49.2. The molecule has 444 valence electrons. The summed E-state index contributed by atoms with van der Waals surface area (Å²) in [4.78, 5) is 85.6. The minimum Gasteiger partial charge on any atom is -0.445 e. The summed E-state index contributed by atoms with van der Waals surface area (Å²) in [5, 5.41) is 39.3. The maximum atomic E-state index is 14.3. The van der Waals surface area contributed by atoms with Crippen LogP contribution in [-0.4, -0.2) is 124 Å². The van der Waals surface area contributed by atoms with E-state index in [-0.39, 0.29) is 79.7 Å². The van der Waals surface area contributed by atoms with Crippen molar-refractivity contribution >= 4 is 35.8 Å². The number of Topliss-reactive ketones (excluding diaryl/α,β-unsaturated/α-hetero) is 1. The van der Waals surface area contributed by atoms with Crippen LogP contribution >= 0.6 is 0 Å². The fourth-order valence-corrected chi connectivity index (χ4v) is 12.0. The van der Waals surface area contributed by atoms with Crippen LogP contribution < -0.4 is 26.6 Å². The second-order valence-corrected chi connectivity index (χ2v) is 23.4. The van der Waals surface area contributed by atoms with Gasteiger partial charge in [0, 0.05) is 38.6 Å². The normalized spacial score (nSPS) is 16.6. The molecule has 2 heterocycles. The molecule has 2 aliphatic rings. The Morgan fingerprint density at radius 2 is 1.01 bits per heavy atom. The van der Waals surface area contributed by atoms with Crippen molar-refractivity contribution in [2.75, 3.05) is 26.2 Å². The average molecular weight is 1130 g/mol. The number of carbonyl (C=O) groups is 6. The second-order valence-electron chi connectivity index (χ2n) is 23.4. The number of aliphatic hydroxyl groups is 2. The molecule has 0 bridgehead atoms. The van der Waals surface area contributed by atoms with Crippen LogP contribution in [0.3, 0.4) is 0 Å². The Hall–Kier alpha value is -7.56. The molecule has 5 aromatic rings. The number of hydrogen-bond donors (Lipinski definition) is 7. The highest BCUT2D eigenvalue weighted by molar-refractivity contribution is 5.89. The first kappa shape index (κ1) is 63.0. The number of nitrogens with zero attached hydrogens (tertiary/aromatic N) is 2. The van der Waals surface area contributed by atoms with Crippen molar-refractivity contribution in [2.45, 2.75) is 155 Å². The van der Waals surface area contributed by atoms with E-state index in [9.17, 15) is 39.0 Å². The molecule has 2 aliphatic heterocycles. The number of hydrogen-bond acceptors (Lipinski definition) is 9. The van der Waals surface area contributed by atoms with E-state index in [4.69, 9.17) is 4.74 Å². The summed E-state index contributed by atoms with van der Waals surface area (Å²) in [7, 11) is 0. The summed E-state index contributed by atoms with van der Waals surface area (Å²) in [6.07, 6.45) is 0.604. The van der Waals surface area contributed by atoms with Gasteiger partial charge in [-0.25, -0.2) is 14.4 Å². The van der Waals surface area contributed by atoms with Gasteiger partial charge in [-0.1, -0.05) is 161 Å². The van der Waals surface area contributed by atoms with Gasteiger partial charge in [0.05, 0.1) is 36.8 Å². The highest BCUT2D eigenvalue weighted by Crippen LogP contribution is 2.27. The van der Waals surface area contributed by atoms with Crippen LogP contribution in [0.2, 0.25) is 0 Å². The number of rotatable bonds is 29. The zero-order chi connectivity index (χ0) is 59.4. The number of aryl methyl sites for hydroxylation is 2. The Bertz CT molecular complexity index is 2870. The Morgan fingerprint density at radius 1 is 0.566 bits per heavy atom. The molecule has 7 rings (SSSR count). The van der Waals surface area contributed by atoms with Crippen LogP contribution in [0, 0.1) is 31.6 Å². The van der Waals surface area contributed by atoms with Crippen LogP contribution in [-0.2, 0) is 57.8 Å². The Morgan fingerprint density at radius 3 is 1.49 bits per heavy atom. The van der Waals surface area contributed by atoms with Gasteiger partial charge in [0.15, 0.2) is 5.78 Å². The number of alkyl carbamates (subject to hydrolysis) is 1. The van der Waals surface area contributed by atoms with E-state index in [1.54, 1.807) is 9.80 Å². The molecular formula is C67H87N7O9. The topological polar surface area (TPSA) is 219 Å². The predicted octanol–water partition coefficient (Wildman–Crippen LogP) is 8.34. The van der Waals surface area contributed by atoms with Crippen LogP contribution in [0.15, 0.2) is 133 Å². The monoisotopic (exact) mass is 1130 g/mol. The predicted molar refractivity (Wildman–Crippen MR) is 322 cm³/mol. The van der Waals surface area contributed by atoms with Crippen molar-refractivity contribution in [3.8, 4) is 0 Å². The lowest BCUT2D eigenvalue weighted by Crippen LogP contribution is -2.59. The lowest BCUT2D eigenvalue weighted by Gasteiger charge is -2.37. The number of urea groups is 2. The summed E-state index contributed by atoms with van der Waals surface area (Å²) in [6, 6.07) is 38.6. The summed E-state index contributed by atoms with van der Waals surface area (Å²) < 4.78 is 5.91. The SMILES string of the molecule is Cc1cc(CC(=O)N[C@@H](Cc2ccccc2)[C@@H](O)C[C@H](Cc2ccccc2)NC(=O)[C@H](C(C)C)N2CCCNC2=O)cc(C)c1COC(=O)N[C@@H](Cc1ccccc1)[C@@H](O)C[C@@H](CC(=O)[C@H](C(C)C)N1CCCNC1=O)Cc1ccccc1. The molecule has 0 aliphatic carbocycles. The van der Waals surface area contributed by atoms with Crippen molar-refractivity contribution in [1.29, 1.82) is 0 Å². The molecule has 7 amide bonds. The van der Waals surface area contributed by atoms with Gasteiger partial charge in [0.1, 0.15) is 12.6 Å². The first-order valence-electron chi connectivity index (χ1n) is 29.7. The third kappa shape index (κ3) is 19.0.